The summed E-state index contributed by atoms with van der Waals surface area (Å²) in [5.74, 6) is 4.08. The van der Waals surface area contributed by atoms with Gasteiger partial charge in [-0.15, -0.1) is 0 Å². The lowest BCUT2D eigenvalue weighted by Crippen LogP contribution is -2.32. The maximum Gasteiger partial charge on any atom is 0.160 e. The van der Waals surface area contributed by atoms with E-state index in [0.717, 1.165) is 139 Å². The number of fused-ring (bicyclic) bond motifs is 22. The number of hydrogen-bond acceptors (Lipinski definition) is 6. The van der Waals surface area contributed by atoms with Crippen LogP contribution in [-0.4, -0.2) is 19.9 Å². The van der Waals surface area contributed by atoms with Crippen LogP contribution >= 0.6 is 0 Å². The Morgan fingerprint density at radius 1 is 0.245 bits per heavy atom. The van der Waals surface area contributed by atoms with E-state index in [1.807, 2.05) is 18.3 Å². The number of aromatic nitrogens is 4. The van der Waals surface area contributed by atoms with Gasteiger partial charge in [0.1, 0.15) is 23.0 Å². The van der Waals surface area contributed by atoms with Crippen LogP contribution in [0, 0.1) is 0 Å². The SMILES string of the molecule is c1ccc(-c2nc(-c3ccc(-c4ccc5c(c4)C4(c6ccccc6O5)c5ccccc5-c5ccccc54)cc3)c3cccc(-c4ccc5c(c4)C4(c6ccccc6Oc6ccc(-c7ccc(-c8ccc9ccc%10cccnc%10c9n8)cc7)cc64)c4ccccc4-5)c3n2)cc1. The standard InChI is InChI=1S/C88H52N4O2/c1-2-16-59(17-3-1)86-91-82(57-37-33-54(34-38-57)60-43-47-80-75(50-60)87(72-27-10-12-29-78(72)93-80)69-24-7-4-19-64(69)65-20-5-8-25-70(65)87)68-23-14-22-63(85(68)92-86)62-41-45-67-66-21-6-9-26-71(66)88(74(67)52-62)73-28-11-13-30-79(73)94-81-48-44-61(51-76(81)88)53-31-35-55(36-32-53)77-46-42-58-40-39-56-18-15-49-89-83(56)84(58)90-77/h1-52H. The summed E-state index contributed by atoms with van der Waals surface area (Å²) in [6.45, 7) is 0. The normalized spacial score (nSPS) is 14.7. The number of ether oxygens (including phenoxy) is 2. The van der Waals surface area contributed by atoms with Gasteiger partial charge in [-0.05, 0) is 127 Å². The van der Waals surface area contributed by atoms with Crippen molar-refractivity contribution in [2.75, 3.05) is 0 Å². The Kier molecular flexibility index (Phi) is 11.2. The number of pyridine rings is 2. The summed E-state index contributed by atoms with van der Waals surface area (Å²) in [4.78, 5) is 20.9. The van der Waals surface area contributed by atoms with E-state index in [2.05, 4.69) is 297 Å². The van der Waals surface area contributed by atoms with Crippen LogP contribution in [-0.2, 0) is 10.8 Å². The molecule has 0 amide bonds. The zero-order valence-electron chi connectivity index (χ0n) is 50.6. The summed E-state index contributed by atoms with van der Waals surface area (Å²) in [5.41, 5.74) is 26.9. The molecule has 6 nitrogen and oxygen atoms in total. The van der Waals surface area contributed by atoms with E-state index < -0.39 is 10.8 Å². The third-order valence-electron chi connectivity index (χ3n) is 20.3. The summed E-state index contributed by atoms with van der Waals surface area (Å²) in [5, 5.41) is 3.11. The van der Waals surface area contributed by atoms with Crippen molar-refractivity contribution in [1.29, 1.82) is 0 Å². The van der Waals surface area contributed by atoms with Gasteiger partial charge in [0.15, 0.2) is 5.82 Å². The van der Waals surface area contributed by atoms with Crippen LogP contribution in [0.3, 0.4) is 0 Å². The zero-order chi connectivity index (χ0) is 61.6. The first-order chi connectivity index (χ1) is 46.6. The van der Waals surface area contributed by atoms with E-state index in [9.17, 15) is 0 Å². The molecule has 3 aromatic heterocycles. The van der Waals surface area contributed by atoms with Crippen molar-refractivity contribution in [1.82, 2.24) is 19.9 Å². The van der Waals surface area contributed by atoms with Gasteiger partial charge in [-0.3, -0.25) is 4.98 Å². The van der Waals surface area contributed by atoms with Gasteiger partial charge in [-0.2, -0.15) is 0 Å². The van der Waals surface area contributed by atoms with Gasteiger partial charge in [-0.1, -0.05) is 255 Å². The fourth-order valence-electron chi connectivity index (χ4n) is 16.1. The minimum Gasteiger partial charge on any atom is -0.457 e. The average Bonchev–Trinajstić information content (AvgIpc) is 1.49. The monoisotopic (exact) mass is 1200 g/mol. The van der Waals surface area contributed by atoms with Gasteiger partial charge in [0.2, 0.25) is 0 Å². The number of hydrogen-bond donors (Lipinski definition) is 0. The van der Waals surface area contributed by atoms with Crippen molar-refractivity contribution < 1.29 is 9.47 Å². The predicted molar refractivity (Wildman–Crippen MR) is 378 cm³/mol. The molecule has 0 N–H and O–H groups in total. The Morgan fingerprint density at radius 3 is 1.34 bits per heavy atom. The van der Waals surface area contributed by atoms with Crippen LogP contribution in [0.5, 0.6) is 23.0 Å². The van der Waals surface area contributed by atoms with E-state index in [1.54, 1.807) is 0 Å². The highest BCUT2D eigenvalue weighted by atomic mass is 16.5. The van der Waals surface area contributed by atoms with Gasteiger partial charge in [0, 0.05) is 66.9 Å². The summed E-state index contributed by atoms with van der Waals surface area (Å²) in [6.07, 6.45) is 1.84. The second-order valence-electron chi connectivity index (χ2n) is 25.0. The maximum atomic E-state index is 6.98. The lowest BCUT2D eigenvalue weighted by atomic mass is 9.65. The van der Waals surface area contributed by atoms with Crippen LogP contribution in [0.2, 0.25) is 0 Å². The molecular weight excluding hydrogens is 1140 g/mol. The summed E-state index contributed by atoms with van der Waals surface area (Å²) < 4.78 is 13.8. The molecule has 94 heavy (non-hydrogen) atoms. The molecule has 1 unspecified atom stereocenters. The second-order valence-corrected chi connectivity index (χ2v) is 25.0. The third kappa shape index (κ3) is 7.47. The Morgan fingerprint density at radius 2 is 0.713 bits per heavy atom. The fraction of sp³-hybridized carbons (Fsp3) is 0.0227. The van der Waals surface area contributed by atoms with Gasteiger partial charge in [0.25, 0.3) is 0 Å². The second kappa shape index (κ2) is 20.1. The highest BCUT2D eigenvalue weighted by Gasteiger charge is 2.53. The van der Waals surface area contributed by atoms with E-state index in [1.165, 1.54) is 44.5 Å². The largest absolute Gasteiger partial charge is 0.457 e. The molecule has 0 saturated carbocycles. The maximum absolute atomic E-state index is 6.98. The highest BCUT2D eigenvalue weighted by Crippen LogP contribution is 2.65. The molecule has 6 heteroatoms. The van der Waals surface area contributed by atoms with E-state index >= 15 is 0 Å². The minimum absolute atomic E-state index is 0.562. The molecule has 2 spiro atoms. The summed E-state index contributed by atoms with van der Waals surface area (Å²) in [7, 11) is 0. The molecule has 1 atom stereocenters. The molecule has 2 aliphatic carbocycles. The zero-order valence-corrected chi connectivity index (χ0v) is 50.6. The van der Waals surface area contributed by atoms with Crippen molar-refractivity contribution in [3.8, 4) is 113 Å². The van der Waals surface area contributed by atoms with Crippen molar-refractivity contribution in [3.63, 3.8) is 0 Å². The molecule has 0 saturated heterocycles. The van der Waals surface area contributed by atoms with Gasteiger partial charge < -0.3 is 9.47 Å². The molecule has 13 aromatic carbocycles. The van der Waals surface area contributed by atoms with Crippen LogP contribution in [0.1, 0.15) is 44.5 Å². The molecular formula is C88H52N4O2. The number of rotatable bonds is 6. The van der Waals surface area contributed by atoms with Gasteiger partial charge in [0.05, 0.1) is 38.8 Å². The molecule has 20 rings (SSSR count). The van der Waals surface area contributed by atoms with E-state index in [-0.39, 0.29) is 0 Å². The first-order valence-corrected chi connectivity index (χ1v) is 32.1. The molecule has 0 bridgehead atoms. The van der Waals surface area contributed by atoms with Crippen molar-refractivity contribution in [2.45, 2.75) is 10.8 Å². The molecule has 16 aromatic rings. The Bertz CT molecular complexity index is 5830. The lowest BCUT2D eigenvalue weighted by Gasteiger charge is -2.39. The van der Waals surface area contributed by atoms with Crippen LogP contribution in [0.25, 0.3) is 122 Å². The van der Waals surface area contributed by atoms with Gasteiger partial charge >= 0.3 is 0 Å². The molecule has 0 fully saturated rings. The Labute approximate surface area is 542 Å². The first kappa shape index (κ1) is 52.4. The smallest absolute Gasteiger partial charge is 0.160 e. The molecule has 4 aliphatic rings. The number of nitrogens with zero attached hydrogens (tertiary/aromatic N) is 4. The van der Waals surface area contributed by atoms with Gasteiger partial charge in [-0.25, -0.2) is 15.0 Å². The van der Waals surface area contributed by atoms with Crippen LogP contribution < -0.4 is 9.47 Å². The quantitative estimate of drug-likeness (QED) is 0.155. The van der Waals surface area contributed by atoms with Crippen molar-refractivity contribution in [2.24, 2.45) is 0 Å². The summed E-state index contributed by atoms with van der Waals surface area (Å²) in [6, 6.07) is 111. The summed E-state index contributed by atoms with van der Waals surface area (Å²) >= 11 is 0. The third-order valence-corrected chi connectivity index (χ3v) is 20.3. The van der Waals surface area contributed by atoms with E-state index in [4.69, 9.17) is 29.4 Å². The topological polar surface area (TPSA) is 70.0 Å². The van der Waals surface area contributed by atoms with E-state index in [0.29, 0.717) is 5.82 Å². The molecule has 5 heterocycles. The lowest BCUT2D eigenvalue weighted by molar-refractivity contribution is 0.436. The highest BCUT2D eigenvalue weighted by molar-refractivity contribution is 6.05. The molecule has 436 valence electrons. The molecule has 0 radical (unpaired) electrons. The Balaban J connectivity index is 0.713. The number of benzene rings is 13. The Hall–Kier alpha value is -12.4. The predicted octanol–water partition coefficient (Wildman–Crippen LogP) is 21.7. The van der Waals surface area contributed by atoms with Crippen molar-refractivity contribution >= 4 is 32.7 Å². The average molecular weight is 1200 g/mol. The van der Waals surface area contributed by atoms with Crippen LogP contribution in [0.4, 0.5) is 0 Å². The first-order valence-electron chi connectivity index (χ1n) is 32.1. The fourth-order valence-corrected chi connectivity index (χ4v) is 16.1. The van der Waals surface area contributed by atoms with Crippen molar-refractivity contribution in [3.05, 3.63) is 360 Å². The molecule has 2 aliphatic heterocycles. The number of para-hydroxylation sites is 3. The van der Waals surface area contributed by atoms with Crippen LogP contribution in [0.15, 0.2) is 316 Å². The minimum atomic E-state index is -0.738.